The quantitative estimate of drug-likeness (QED) is 0.658. The summed E-state index contributed by atoms with van der Waals surface area (Å²) in [6.45, 7) is 5.97. The third kappa shape index (κ3) is 6.32. The molecule has 5 nitrogen and oxygen atoms in total. The normalized spacial score (nSPS) is 14.8. The minimum Gasteiger partial charge on any atom is -0.349 e. The number of thioether (sulfide) groups is 1. The molecule has 1 atom stereocenters. The van der Waals surface area contributed by atoms with Gasteiger partial charge in [0.25, 0.3) is 5.91 Å². The monoisotopic (exact) mass is 411 g/mol. The van der Waals surface area contributed by atoms with Gasteiger partial charge in [-0.3, -0.25) is 9.59 Å². The highest BCUT2D eigenvalue weighted by molar-refractivity contribution is 7.99. The number of aromatic nitrogens is 1. The van der Waals surface area contributed by atoms with Crippen molar-refractivity contribution in [3.05, 3.63) is 59.8 Å². The largest absolute Gasteiger partial charge is 0.349 e. The van der Waals surface area contributed by atoms with Crippen LogP contribution in [0.15, 0.2) is 53.7 Å². The molecule has 0 spiro atoms. The number of benzene rings is 1. The molecule has 0 aliphatic carbocycles. The van der Waals surface area contributed by atoms with Crippen molar-refractivity contribution in [2.45, 2.75) is 44.2 Å². The van der Waals surface area contributed by atoms with E-state index in [0.717, 1.165) is 42.9 Å². The van der Waals surface area contributed by atoms with E-state index < -0.39 is 0 Å². The zero-order valence-electron chi connectivity index (χ0n) is 17.1. The molecule has 1 saturated heterocycles. The van der Waals surface area contributed by atoms with E-state index in [1.54, 1.807) is 12.3 Å². The van der Waals surface area contributed by atoms with Gasteiger partial charge in [-0.05, 0) is 42.9 Å². The van der Waals surface area contributed by atoms with Crippen molar-refractivity contribution in [1.29, 1.82) is 0 Å². The standard InChI is InChI=1S/C23H29N3O2S/c1-17(2)14-20(18-8-4-3-5-9-18)25-21(27)16-29-22-11-10-19(15-24-22)23(28)26-12-6-7-13-26/h3-5,8-11,15,17,20H,6-7,12-14,16H2,1-2H3,(H,25,27). The second kappa shape index (κ2) is 10.4. The molecule has 1 aliphatic heterocycles. The van der Waals surface area contributed by atoms with Gasteiger partial charge in [0.05, 0.1) is 22.4 Å². The predicted molar refractivity (Wildman–Crippen MR) is 117 cm³/mol. The molecule has 2 aromatic rings. The summed E-state index contributed by atoms with van der Waals surface area (Å²) in [6.07, 6.45) is 4.66. The highest BCUT2D eigenvalue weighted by Crippen LogP contribution is 2.22. The maximum absolute atomic E-state index is 12.5. The molecule has 1 aromatic carbocycles. The number of amides is 2. The number of pyridine rings is 1. The number of nitrogens with one attached hydrogen (secondary N) is 1. The molecule has 1 aromatic heterocycles. The molecule has 1 unspecified atom stereocenters. The van der Waals surface area contributed by atoms with Crippen LogP contribution in [-0.4, -0.2) is 40.5 Å². The molecule has 0 radical (unpaired) electrons. The minimum atomic E-state index is -0.0106. The fraction of sp³-hybridized carbons (Fsp3) is 0.435. The van der Waals surface area contributed by atoms with E-state index in [1.807, 2.05) is 29.2 Å². The van der Waals surface area contributed by atoms with Gasteiger partial charge in [0.15, 0.2) is 0 Å². The average molecular weight is 412 g/mol. The third-order valence-corrected chi connectivity index (χ3v) is 5.92. The molecule has 2 amide bonds. The first-order valence-corrected chi connectivity index (χ1v) is 11.2. The Balaban J connectivity index is 1.53. The topological polar surface area (TPSA) is 62.3 Å². The Morgan fingerprint density at radius 3 is 2.45 bits per heavy atom. The van der Waals surface area contributed by atoms with Gasteiger partial charge in [-0.2, -0.15) is 0 Å². The average Bonchev–Trinajstić information content (AvgIpc) is 3.27. The summed E-state index contributed by atoms with van der Waals surface area (Å²) in [5.74, 6) is 0.816. The van der Waals surface area contributed by atoms with Gasteiger partial charge in [0.1, 0.15) is 0 Å². The predicted octanol–water partition coefficient (Wildman–Crippen LogP) is 4.31. The van der Waals surface area contributed by atoms with E-state index in [9.17, 15) is 9.59 Å². The Kier molecular flexibility index (Phi) is 7.69. The first kappa shape index (κ1) is 21.4. The van der Waals surface area contributed by atoms with Gasteiger partial charge in [0, 0.05) is 19.3 Å². The van der Waals surface area contributed by atoms with Gasteiger partial charge in [-0.1, -0.05) is 55.9 Å². The summed E-state index contributed by atoms with van der Waals surface area (Å²) in [6, 6.07) is 13.7. The Hall–Kier alpha value is -2.34. The second-order valence-electron chi connectivity index (χ2n) is 7.83. The minimum absolute atomic E-state index is 0.0106. The first-order chi connectivity index (χ1) is 14.0. The maximum Gasteiger partial charge on any atom is 0.255 e. The van der Waals surface area contributed by atoms with E-state index in [4.69, 9.17) is 0 Å². The zero-order chi connectivity index (χ0) is 20.6. The molecule has 1 N–H and O–H groups in total. The summed E-state index contributed by atoms with van der Waals surface area (Å²) in [5, 5.41) is 3.90. The molecule has 6 heteroatoms. The van der Waals surface area contributed by atoms with Gasteiger partial charge >= 0.3 is 0 Å². The van der Waals surface area contributed by atoms with Crippen molar-refractivity contribution in [3.63, 3.8) is 0 Å². The van der Waals surface area contributed by atoms with Crippen LogP contribution in [0, 0.1) is 5.92 Å². The molecular weight excluding hydrogens is 382 g/mol. The van der Waals surface area contributed by atoms with E-state index in [-0.39, 0.29) is 17.9 Å². The van der Waals surface area contributed by atoms with Crippen LogP contribution in [0.3, 0.4) is 0 Å². The van der Waals surface area contributed by atoms with E-state index in [2.05, 4.69) is 36.3 Å². The van der Waals surface area contributed by atoms with E-state index in [0.29, 0.717) is 17.2 Å². The fourth-order valence-corrected chi connectivity index (χ4v) is 4.16. The van der Waals surface area contributed by atoms with Crippen LogP contribution in [0.1, 0.15) is 55.1 Å². The molecule has 1 aliphatic rings. The molecule has 154 valence electrons. The van der Waals surface area contributed by atoms with Gasteiger partial charge < -0.3 is 10.2 Å². The lowest BCUT2D eigenvalue weighted by Gasteiger charge is -2.21. The number of hydrogen-bond donors (Lipinski definition) is 1. The number of rotatable bonds is 8. The highest BCUT2D eigenvalue weighted by Gasteiger charge is 2.20. The molecule has 29 heavy (non-hydrogen) atoms. The summed E-state index contributed by atoms with van der Waals surface area (Å²) < 4.78 is 0. The van der Waals surface area contributed by atoms with Crippen LogP contribution in [0.4, 0.5) is 0 Å². The van der Waals surface area contributed by atoms with Crippen molar-refractivity contribution >= 4 is 23.6 Å². The SMILES string of the molecule is CC(C)CC(NC(=O)CSc1ccc(C(=O)N2CCCC2)cn1)c1ccccc1. The Bertz CT molecular complexity index is 803. The van der Waals surface area contributed by atoms with Crippen LogP contribution in [0.2, 0.25) is 0 Å². The van der Waals surface area contributed by atoms with Crippen molar-refractivity contribution in [2.75, 3.05) is 18.8 Å². The molecular formula is C23H29N3O2S. The van der Waals surface area contributed by atoms with Crippen LogP contribution in [0.25, 0.3) is 0 Å². The summed E-state index contributed by atoms with van der Waals surface area (Å²) >= 11 is 1.39. The Morgan fingerprint density at radius 2 is 1.83 bits per heavy atom. The summed E-state index contributed by atoms with van der Waals surface area (Å²) in [5.41, 5.74) is 1.74. The van der Waals surface area contributed by atoms with Gasteiger partial charge in [-0.25, -0.2) is 4.98 Å². The van der Waals surface area contributed by atoms with Crippen molar-refractivity contribution in [1.82, 2.24) is 15.2 Å². The number of carbonyl (C=O) groups is 2. The summed E-state index contributed by atoms with van der Waals surface area (Å²) in [7, 11) is 0. The van der Waals surface area contributed by atoms with Crippen molar-refractivity contribution in [2.24, 2.45) is 5.92 Å². The third-order valence-electron chi connectivity index (χ3n) is 4.97. The number of likely N-dealkylation sites (tertiary alicyclic amines) is 1. The second-order valence-corrected chi connectivity index (χ2v) is 8.83. The molecule has 1 fully saturated rings. The number of carbonyl (C=O) groups excluding carboxylic acids is 2. The van der Waals surface area contributed by atoms with Crippen LogP contribution >= 0.6 is 11.8 Å². The molecule has 2 heterocycles. The van der Waals surface area contributed by atoms with Crippen LogP contribution in [0.5, 0.6) is 0 Å². The van der Waals surface area contributed by atoms with Gasteiger partial charge in [0.2, 0.25) is 5.91 Å². The smallest absolute Gasteiger partial charge is 0.255 e. The van der Waals surface area contributed by atoms with E-state index >= 15 is 0 Å². The van der Waals surface area contributed by atoms with Crippen LogP contribution in [-0.2, 0) is 4.79 Å². The van der Waals surface area contributed by atoms with Crippen molar-refractivity contribution < 1.29 is 9.59 Å². The molecule has 3 rings (SSSR count). The number of nitrogens with zero attached hydrogens (tertiary/aromatic N) is 2. The molecule has 0 bridgehead atoms. The maximum atomic E-state index is 12.5. The number of hydrogen-bond acceptors (Lipinski definition) is 4. The van der Waals surface area contributed by atoms with Crippen LogP contribution < -0.4 is 5.32 Å². The lowest BCUT2D eigenvalue weighted by molar-refractivity contribution is -0.119. The van der Waals surface area contributed by atoms with E-state index in [1.165, 1.54) is 11.8 Å². The lowest BCUT2D eigenvalue weighted by Crippen LogP contribution is -2.30. The Morgan fingerprint density at radius 1 is 1.10 bits per heavy atom. The Labute approximate surface area is 177 Å². The zero-order valence-corrected chi connectivity index (χ0v) is 18.0. The highest BCUT2D eigenvalue weighted by atomic mass is 32.2. The molecule has 0 saturated carbocycles. The first-order valence-electron chi connectivity index (χ1n) is 10.3. The van der Waals surface area contributed by atoms with Gasteiger partial charge in [-0.15, -0.1) is 0 Å². The summed E-state index contributed by atoms with van der Waals surface area (Å²) in [4.78, 5) is 31.1. The van der Waals surface area contributed by atoms with Crippen molar-refractivity contribution in [3.8, 4) is 0 Å². The fourth-order valence-electron chi connectivity index (χ4n) is 3.51. The lowest BCUT2D eigenvalue weighted by atomic mass is 9.97.